The Morgan fingerprint density at radius 3 is 2.93 bits per heavy atom. The summed E-state index contributed by atoms with van der Waals surface area (Å²) in [6, 6.07) is 2.92. The Balaban J connectivity index is 1.37. The van der Waals surface area contributed by atoms with E-state index >= 15 is 0 Å². The summed E-state index contributed by atoms with van der Waals surface area (Å²) in [6.45, 7) is 3.50. The molecule has 1 aromatic heterocycles. The van der Waals surface area contributed by atoms with Crippen molar-refractivity contribution in [2.45, 2.75) is 44.6 Å². The van der Waals surface area contributed by atoms with Gasteiger partial charge in [-0.15, -0.1) is 11.3 Å². The van der Waals surface area contributed by atoms with Crippen LogP contribution in [-0.4, -0.2) is 36.0 Å². The van der Waals surface area contributed by atoms with Crippen LogP contribution in [0.2, 0.25) is 0 Å². The fourth-order valence-electron chi connectivity index (χ4n) is 2.80. The first-order valence-corrected chi connectivity index (χ1v) is 10.0. The number of rotatable bonds is 7. The third kappa shape index (κ3) is 4.31. The Morgan fingerprint density at radius 2 is 2.28 bits per heavy atom. The van der Waals surface area contributed by atoms with Gasteiger partial charge in [-0.25, -0.2) is 18.8 Å². The SMILES string of the molecule is CC(=O)N[C@@H](C)COC1=CNC(Oc2ccc3nc(C4(F)CC4)sc3c2F)C=N1. The molecule has 4 rings (SSSR count). The molecule has 0 bridgehead atoms. The number of hydrogen-bond acceptors (Lipinski definition) is 7. The largest absolute Gasteiger partial charge is 0.474 e. The average molecular weight is 422 g/mol. The summed E-state index contributed by atoms with van der Waals surface area (Å²) in [6.07, 6.45) is 3.12. The van der Waals surface area contributed by atoms with Gasteiger partial charge < -0.3 is 20.1 Å². The maximum atomic E-state index is 14.8. The molecule has 2 N–H and O–H groups in total. The highest BCUT2D eigenvalue weighted by molar-refractivity contribution is 7.18. The molecule has 1 fully saturated rings. The molecule has 2 aromatic rings. The second kappa shape index (κ2) is 7.58. The minimum Gasteiger partial charge on any atom is -0.474 e. The number of aromatic nitrogens is 1. The van der Waals surface area contributed by atoms with Gasteiger partial charge in [0.15, 0.2) is 17.2 Å². The van der Waals surface area contributed by atoms with E-state index in [0.717, 1.165) is 11.3 Å². The van der Waals surface area contributed by atoms with Gasteiger partial charge in [-0.1, -0.05) is 0 Å². The molecule has 7 nitrogen and oxygen atoms in total. The van der Waals surface area contributed by atoms with Crippen LogP contribution in [0.15, 0.2) is 29.2 Å². The van der Waals surface area contributed by atoms with Crippen LogP contribution in [0.5, 0.6) is 5.75 Å². The molecule has 1 aromatic carbocycles. The fourth-order valence-corrected chi connectivity index (χ4v) is 3.94. The van der Waals surface area contributed by atoms with E-state index in [9.17, 15) is 13.6 Å². The van der Waals surface area contributed by atoms with Gasteiger partial charge in [-0.05, 0) is 31.9 Å². The molecule has 10 heteroatoms. The molecule has 2 heterocycles. The maximum Gasteiger partial charge on any atom is 0.229 e. The number of halogens is 2. The molecular weight excluding hydrogens is 402 g/mol. The third-order valence-electron chi connectivity index (χ3n) is 4.43. The van der Waals surface area contributed by atoms with Crippen molar-refractivity contribution in [3.05, 3.63) is 35.0 Å². The van der Waals surface area contributed by atoms with Gasteiger partial charge in [0.25, 0.3) is 0 Å². The molecule has 1 saturated carbocycles. The summed E-state index contributed by atoms with van der Waals surface area (Å²) in [4.78, 5) is 19.3. The van der Waals surface area contributed by atoms with Gasteiger partial charge >= 0.3 is 0 Å². The lowest BCUT2D eigenvalue weighted by Crippen LogP contribution is -2.36. The van der Waals surface area contributed by atoms with Crippen molar-refractivity contribution >= 4 is 33.7 Å². The second-order valence-corrected chi connectivity index (χ2v) is 8.09. The molecule has 1 unspecified atom stereocenters. The summed E-state index contributed by atoms with van der Waals surface area (Å²) in [5.41, 5.74) is -0.971. The summed E-state index contributed by atoms with van der Waals surface area (Å²) in [7, 11) is 0. The van der Waals surface area contributed by atoms with Gasteiger partial charge in [-0.2, -0.15) is 0 Å². The molecule has 0 radical (unpaired) electrons. The van der Waals surface area contributed by atoms with Crippen LogP contribution in [-0.2, 0) is 15.2 Å². The molecule has 2 aliphatic rings. The average Bonchev–Trinajstić information content (AvgIpc) is 3.26. The highest BCUT2D eigenvalue weighted by Crippen LogP contribution is 2.52. The first kappa shape index (κ1) is 19.6. The smallest absolute Gasteiger partial charge is 0.229 e. The zero-order valence-electron chi connectivity index (χ0n) is 15.9. The monoisotopic (exact) mass is 422 g/mol. The number of carbonyl (C=O) groups is 1. The van der Waals surface area contributed by atoms with Crippen LogP contribution in [0, 0.1) is 5.82 Å². The van der Waals surface area contributed by atoms with E-state index in [4.69, 9.17) is 9.47 Å². The van der Waals surface area contributed by atoms with E-state index in [0.29, 0.717) is 29.2 Å². The summed E-state index contributed by atoms with van der Waals surface area (Å²) in [5, 5.41) is 5.93. The molecule has 0 saturated heterocycles. The van der Waals surface area contributed by atoms with E-state index in [1.165, 1.54) is 25.4 Å². The molecule has 1 aliphatic carbocycles. The summed E-state index contributed by atoms with van der Waals surface area (Å²) < 4.78 is 40.4. The third-order valence-corrected chi connectivity index (χ3v) is 5.67. The molecule has 154 valence electrons. The molecule has 0 spiro atoms. The number of alkyl halides is 1. The molecule has 29 heavy (non-hydrogen) atoms. The normalized spacial score (nSPS) is 20.6. The highest BCUT2D eigenvalue weighted by atomic mass is 32.1. The van der Waals surface area contributed by atoms with Gasteiger partial charge in [0.1, 0.15) is 11.6 Å². The number of carbonyl (C=O) groups excluding carboxylic acids is 1. The molecule has 1 amide bonds. The Hall–Kier alpha value is -2.75. The minimum atomic E-state index is -1.40. The van der Waals surface area contributed by atoms with Crippen LogP contribution in [0.1, 0.15) is 31.7 Å². The first-order valence-electron chi connectivity index (χ1n) is 9.19. The number of amides is 1. The molecule has 1 aliphatic heterocycles. The van der Waals surface area contributed by atoms with Crippen LogP contribution in [0.3, 0.4) is 0 Å². The van der Waals surface area contributed by atoms with Crippen LogP contribution < -0.4 is 15.4 Å². The van der Waals surface area contributed by atoms with Gasteiger partial charge in [0.05, 0.1) is 28.7 Å². The predicted molar refractivity (Wildman–Crippen MR) is 105 cm³/mol. The van der Waals surface area contributed by atoms with Crippen molar-refractivity contribution in [2.75, 3.05) is 6.61 Å². The van der Waals surface area contributed by atoms with Crippen molar-refractivity contribution in [1.29, 1.82) is 0 Å². The Labute approximate surface area is 169 Å². The van der Waals surface area contributed by atoms with Crippen LogP contribution in [0.25, 0.3) is 10.2 Å². The lowest BCUT2D eigenvalue weighted by Gasteiger charge is -2.20. The van der Waals surface area contributed by atoms with E-state index in [1.54, 1.807) is 6.07 Å². The molecule has 2 atom stereocenters. The quantitative estimate of drug-likeness (QED) is 0.716. The summed E-state index contributed by atoms with van der Waals surface area (Å²) in [5.74, 6) is -0.360. The van der Waals surface area contributed by atoms with Crippen molar-refractivity contribution in [3.8, 4) is 5.75 Å². The standard InChI is InChI=1S/C19H20F2N4O3S/c1-10(24-11(2)26)9-27-14-7-23-15(8-22-14)28-13-4-3-12-17(16(13)20)29-18(25-12)19(21)5-6-19/h3-4,7-8,10,15,23H,5-6,9H2,1-2H3,(H,24,26)/t10-,15?/m0/s1. The maximum absolute atomic E-state index is 14.8. The number of aliphatic imine (C=N–C) groups is 1. The predicted octanol–water partition coefficient (Wildman–Crippen LogP) is 3.11. The fraction of sp³-hybridized carbons (Fsp3) is 0.421. The topological polar surface area (TPSA) is 84.8 Å². The Morgan fingerprint density at radius 1 is 1.48 bits per heavy atom. The second-order valence-electron chi connectivity index (χ2n) is 7.09. The lowest BCUT2D eigenvalue weighted by atomic mass is 10.3. The molecular formula is C19H20F2N4O3S. The number of thiazole rings is 1. The number of nitrogens with zero attached hydrogens (tertiary/aromatic N) is 2. The lowest BCUT2D eigenvalue weighted by molar-refractivity contribution is -0.119. The minimum absolute atomic E-state index is 0.0254. The number of benzene rings is 1. The van der Waals surface area contributed by atoms with Gasteiger partial charge in [-0.3, -0.25) is 4.79 Å². The van der Waals surface area contributed by atoms with Crippen LogP contribution in [0.4, 0.5) is 8.78 Å². The van der Waals surface area contributed by atoms with E-state index in [2.05, 4.69) is 20.6 Å². The van der Waals surface area contributed by atoms with E-state index in [-0.39, 0.29) is 29.0 Å². The number of ether oxygens (including phenoxy) is 2. The van der Waals surface area contributed by atoms with Crippen LogP contribution >= 0.6 is 11.3 Å². The van der Waals surface area contributed by atoms with Crippen molar-refractivity contribution in [2.24, 2.45) is 4.99 Å². The van der Waals surface area contributed by atoms with Crippen molar-refractivity contribution in [3.63, 3.8) is 0 Å². The van der Waals surface area contributed by atoms with E-state index in [1.807, 2.05) is 6.92 Å². The van der Waals surface area contributed by atoms with Gasteiger partial charge in [0, 0.05) is 6.92 Å². The van der Waals surface area contributed by atoms with Crippen molar-refractivity contribution < 1.29 is 23.0 Å². The first-order chi connectivity index (χ1) is 13.8. The Kier molecular flexibility index (Phi) is 5.12. The number of fused-ring (bicyclic) bond motifs is 1. The number of nitrogens with one attached hydrogen (secondary N) is 2. The Bertz CT molecular complexity index is 1000. The highest BCUT2D eigenvalue weighted by Gasteiger charge is 2.48. The van der Waals surface area contributed by atoms with E-state index < -0.39 is 17.7 Å². The van der Waals surface area contributed by atoms with Crippen molar-refractivity contribution in [1.82, 2.24) is 15.6 Å². The number of hydrogen-bond donors (Lipinski definition) is 2. The van der Waals surface area contributed by atoms with Gasteiger partial charge in [0.2, 0.25) is 18.0 Å². The zero-order valence-corrected chi connectivity index (χ0v) is 16.7. The zero-order chi connectivity index (χ0) is 20.6. The summed E-state index contributed by atoms with van der Waals surface area (Å²) >= 11 is 1.03.